The first-order valence-electron chi connectivity index (χ1n) is 9.94. The molecular weight excluding hydrogens is 434 g/mol. The third kappa shape index (κ3) is 6.49. The van der Waals surface area contributed by atoms with Crippen molar-refractivity contribution in [3.63, 3.8) is 0 Å². The Morgan fingerprint density at radius 1 is 1.19 bits per heavy atom. The normalized spacial score (nSPS) is 11.6. The van der Waals surface area contributed by atoms with E-state index < -0.39 is 9.84 Å². The first-order valence-corrected chi connectivity index (χ1v) is 12.7. The summed E-state index contributed by atoms with van der Waals surface area (Å²) in [6, 6.07) is 8.79. The quantitative estimate of drug-likeness (QED) is 0.437. The van der Waals surface area contributed by atoms with Gasteiger partial charge in [-0.1, -0.05) is 0 Å². The molecule has 166 valence electrons. The first kappa shape index (κ1) is 23.2. The van der Waals surface area contributed by atoms with Crippen LogP contribution in [0.1, 0.15) is 26.0 Å². The average Bonchev–Trinajstić information content (AvgIpc) is 3.17. The number of hydrogen-bond acceptors (Lipinski definition) is 8. The van der Waals surface area contributed by atoms with Crippen LogP contribution in [0.2, 0.25) is 0 Å². The van der Waals surface area contributed by atoms with Crippen LogP contribution in [-0.4, -0.2) is 44.5 Å². The Bertz CT molecular complexity index is 1110. The lowest BCUT2D eigenvalue weighted by Gasteiger charge is -2.15. The summed E-state index contributed by atoms with van der Waals surface area (Å²) in [7, 11) is -1.65. The second-order valence-corrected chi connectivity index (χ2v) is 10.3. The standard InChI is InChI=1S/C22H27N3O4S2/c1-15(2)29-21-10-9-18(31(4,26)27)12-19(21)24-22-25-20(14-30-22)16-7-8-17(23-13-16)6-5-11-28-3/h7-10,12-15H,5-6,11H2,1-4H3,(H,24,25). The molecule has 0 bridgehead atoms. The van der Waals surface area contributed by atoms with Gasteiger partial charge in [0.05, 0.1) is 22.4 Å². The number of sulfone groups is 1. The highest BCUT2D eigenvalue weighted by Gasteiger charge is 2.15. The fourth-order valence-electron chi connectivity index (χ4n) is 2.89. The molecule has 0 aliphatic rings. The summed E-state index contributed by atoms with van der Waals surface area (Å²) in [5.74, 6) is 0.571. The third-order valence-corrected chi connectivity index (χ3v) is 6.26. The molecule has 0 atom stereocenters. The minimum absolute atomic E-state index is 0.0510. The van der Waals surface area contributed by atoms with Crippen molar-refractivity contribution in [3.8, 4) is 17.0 Å². The first-order chi connectivity index (χ1) is 14.8. The highest BCUT2D eigenvalue weighted by molar-refractivity contribution is 7.90. The van der Waals surface area contributed by atoms with E-state index in [9.17, 15) is 8.42 Å². The largest absolute Gasteiger partial charge is 0.489 e. The number of aromatic nitrogens is 2. The fraction of sp³-hybridized carbons (Fsp3) is 0.364. The molecule has 0 saturated heterocycles. The molecule has 2 aromatic heterocycles. The SMILES string of the molecule is COCCCc1ccc(-c2csc(Nc3cc(S(C)(=O)=O)ccc3OC(C)C)n2)cn1. The van der Waals surface area contributed by atoms with Crippen molar-refractivity contribution in [2.75, 3.05) is 25.3 Å². The lowest BCUT2D eigenvalue weighted by atomic mass is 10.1. The summed E-state index contributed by atoms with van der Waals surface area (Å²) < 4.78 is 34.9. The van der Waals surface area contributed by atoms with Crippen molar-refractivity contribution in [1.82, 2.24) is 9.97 Å². The van der Waals surface area contributed by atoms with Crippen molar-refractivity contribution < 1.29 is 17.9 Å². The number of pyridine rings is 1. The Kier molecular flexibility index (Phi) is 7.64. The van der Waals surface area contributed by atoms with Gasteiger partial charge in [0.1, 0.15) is 5.75 Å². The van der Waals surface area contributed by atoms with Crippen LogP contribution in [0, 0.1) is 0 Å². The molecule has 0 saturated carbocycles. The van der Waals surface area contributed by atoms with Gasteiger partial charge in [-0.15, -0.1) is 11.3 Å². The van der Waals surface area contributed by atoms with Crippen molar-refractivity contribution >= 4 is 32.0 Å². The maximum atomic E-state index is 12.0. The Morgan fingerprint density at radius 3 is 2.65 bits per heavy atom. The lowest BCUT2D eigenvalue weighted by molar-refractivity contribution is 0.195. The zero-order valence-electron chi connectivity index (χ0n) is 18.1. The number of rotatable bonds is 10. The van der Waals surface area contributed by atoms with Crippen LogP contribution in [0.3, 0.4) is 0 Å². The molecule has 0 amide bonds. The maximum absolute atomic E-state index is 12.0. The number of hydrogen-bond donors (Lipinski definition) is 1. The van der Waals surface area contributed by atoms with E-state index in [2.05, 4.69) is 15.3 Å². The Balaban J connectivity index is 1.80. The average molecular weight is 462 g/mol. The molecule has 31 heavy (non-hydrogen) atoms. The van der Waals surface area contributed by atoms with Crippen LogP contribution in [-0.2, 0) is 21.0 Å². The van der Waals surface area contributed by atoms with Gasteiger partial charge < -0.3 is 14.8 Å². The molecule has 7 nitrogen and oxygen atoms in total. The number of aryl methyl sites for hydroxylation is 1. The van der Waals surface area contributed by atoms with Gasteiger partial charge in [0, 0.05) is 42.8 Å². The maximum Gasteiger partial charge on any atom is 0.187 e. The summed E-state index contributed by atoms with van der Waals surface area (Å²) in [5.41, 5.74) is 3.30. The van der Waals surface area contributed by atoms with E-state index >= 15 is 0 Å². The highest BCUT2D eigenvalue weighted by atomic mass is 32.2. The van der Waals surface area contributed by atoms with Crippen LogP contribution in [0.4, 0.5) is 10.8 Å². The van der Waals surface area contributed by atoms with E-state index in [0.717, 1.165) is 29.8 Å². The number of anilines is 2. The zero-order chi connectivity index (χ0) is 22.4. The van der Waals surface area contributed by atoms with E-state index in [1.165, 1.54) is 17.6 Å². The summed E-state index contributed by atoms with van der Waals surface area (Å²) in [6.45, 7) is 4.55. The van der Waals surface area contributed by atoms with Crippen LogP contribution in [0.5, 0.6) is 5.75 Å². The van der Waals surface area contributed by atoms with Gasteiger partial charge in [-0.2, -0.15) is 0 Å². The highest BCUT2D eigenvalue weighted by Crippen LogP contribution is 2.33. The van der Waals surface area contributed by atoms with Crippen molar-refractivity contribution in [2.45, 2.75) is 37.7 Å². The van der Waals surface area contributed by atoms with E-state index in [-0.39, 0.29) is 11.0 Å². The summed E-state index contributed by atoms with van der Waals surface area (Å²) in [6.07, 6.45) is 4.75. The van der Waals surface area contributed by atoms with Crippen LogP contribution in [0.15, 0.2) is 46.8 Å². The Hall–Kier alpha value is -2.49. The minimum Gasteiger partial charge on any atom is -0.489 e. The number of nitrogens with one attached hydrogen (secondary N) is 1. The third-order valence-electron chi connectivity index (χ3n) is 4.39. The second kappa shape index (κ2) is 10.2. The molecule has 3 rings (SSSR count). The molecule has 0 aliphatic heterocycles. The van der Waals surface area contributed by atoms with Gasteiger partial charge in [0.2, 0.25) is 0 Å². The molecule has 1 aromatic carbocycles. The van der Waals surface area contributed by atoms with Gasteiger partial charge >= 0.3 is 0 Å². The number of methoxy groups -OCH3 is 1. The Morgan fingerprint density at radius 2 is 2.00 bits per heavy atom. The number of ether oxygens (including phenoxy) is 2. The topological polar surface area (TPSA) is 90.4 Å². The molecular formula is C22H27N3O4S2. The monoisotopic (exact) mass is 461 g/mol. The van der Waals surface area contributed by atoms with Gasteiger partial charge in [0.25, 0.3) is 0 Å². The molecule has 3 aromatic rings. The van der Waals surface area contributed by atoms with E-state index in [4.69, 9.17) is 9.47 Å². The summed E-state index contributed by atoms with van der Waals surface area (Å²) >= 11 is 1.43. The van der Waals surface area contributed by atoms with Gasteiger partial charge in [-0.25, -0.2) is 13.4 Å². The molecule has 0 aliphatic carbocycles. The second-order valence-electron chi connectivity index (χ2n) is 7.39. The molecule has 2 heterocycles. The van der Waals surface area contributed by atoms with E-state index in [1.807, 2.05) is 37.6 Å². The molecule has 1 N–H and O–H groups in total. The Labute approximate surface area is 187 Å². The molecule has 9 heteroatoms. The smallest absolute Gasteiger partial charge is 0.187 e. The minimum atomic E-state index is -3.34. The van der Waals surface area contributed by atoms with Crippen molar-refractivity contribution in [2.24, 2.45) is 0 Å². The van der Waals surface area contributed by atoms with Crippen LogP contribution in [0.25, 0.3) is 11.3 Å². The predicted octanol–water partition coefficient (Wildman–Crippen LogP) is 4.72. The molecule has 0 radical (unpaired) electrons. The molecule has 0 fully saturated rings. The van der Waals surface area contributed by atoms with Gasteiger partial charge in [-0.3, -0.25) is 4.98 Å². The van der Waals surface area contributed by atoms with Crippen molar-refractivity contribution in [1.29, 1.82) is 0 Å². The molecule has 0 spiro atoms. The predicted molar refractivity (Wildman–Crippen MR) is 124 cm³/mol. The zero-order valence-corrected chi connectivity index (χ0v) is 19.7. The van der Waals surface area contributed by atoms with E-state index in [0.29, 0.717) is 23.2 Å². The number of benzene rings is 1. The number of nitrogens with zero attached hydrogens (tertiary/aromatic N) is 2. The van der Waals surface area contributed by atoms with Crippen molar-refractivity contribution in [3.05, 3.63) is 47.6 Å². The van der Waals surface area contributed by atoms with E-state index in [1.54, 1.807) is 25.3 Å². The lowest BCUT2D eigenvalue weighted by Crippen LogP contribution is -2.08. The number of thiazole rings is 1. The van der Waals surface area contributed by atoms with Gasteiger partial charge in [-0.05, 0) is 57.0 Å². The molecule has 0 unspecified atom stereocenters. The fourth-order valence-corrected chi connectivity index (χ4v) is 4.27. The van der Waals surface area contributed by atoms with Gasteiger partial charge in [0.15, 0.2) is 15.0 Å². The summed E-state index contributed by atoms with van der Waals surface area (Å²) in [4.78, 5) is 9.36. The summed E-state index contributed by atoms with van der Waals surface area (Å²) in [5, 5.41) is 5.79. The van der Waals surface area contributed by atoms with Crippen LogP contribution < -0.4 is 10.1 Å². The van der Waals surface area contributed by atoms with Crippen LogP contribution >= 0.6 is 11.3 Å².